The number of hydrogen-bond donors (Lipinski definition) is 3. The lowest BCUT2D eigenvalue weighted by atomic mass is 9.93. The maximum atomic E-state index is 12.2. The van der Waals surface area contributed by atoms with Crippen LogP contribution in [0.1, 0.15) is 41.6 Å². The molecule has 0 aromatic heterocycles. The van der Waals surface area contributed by atoms with Crippen molar-refractivity contribution in [2.75, 3.05) is 11.9 Å². The standard InChI is InChI=1S/C15H20N2O2/c18-13-3-1-2-12(9-13)17-15(19)11-4-5-14-10(8-11)6-7-16-14/h4-5,8,12-13,16,18H,1-3,6-7,9H2,(H,17,19). The smallest absolute Gasteiger partial charge is 0.251 e. The van der Waals surface area contributed by atoms with Crippen molar-refractivity contribution >= 4 is 11.6 Å². The molecule has 0 spiro atoms. The second kappa shape index (κ2) is 5.21. The second-order valence-corrected chi connectivity index (χ2v) is 5.54. The number of carbonyl (C=O) groups is 1. The number of benzene rings is 1. The average molecular weight is 260 g/mol. The van der Waals surface area contributed by atoms with E-state index in [9.17, 15) is 9.90 Å². The summed E-state index contributed by atoms with van der Waals surface area (Å²) in [4.78, 5) is 12.2. The third kappa shape index (κ3) is 2.73. The highest BCUT2D eigenvalue weighted by molar-refractivity contribution is 5.95. The van der Waals surface area contributed by atoms with Gasteiger partial charge in [-0.15, -0.1) is 0 Å². The van der Waals surface area contributed by atoms with Crippen LogP contribution in [0.5, 0.6) is 0 Å². The lowest BCUT2D eigenvalue weighted by Crippen LogP contribution is -2.39. The summed E-state index contributed by atoms with van der Waals surface area (Å²) in [5.41, 5.74) is 3.09. The maximum Gasteiger partial charge on any atom is 0.251 e. The van der Waals surface area contributed by atoms with Crippen molar-refractivity contribution in [3.05, 3.63) is 29.3 Å². The van der Waals surface area contributed by atoms with Gasteiger partial charge in [0.25, 0.3) is 5.91 Å². The van der Waals surface area contributed by atoms with Crippen molar-refractivity contribution in [1.29, 1.82) is 0 Å². The Labute approximate surface area is 113 Å². The number of aliphatic hydroxyl groups excluding tert-OH is 1. The summed E-state index contributed by atoms with van der Waals surface area (Å²) in [5, 5.41) is 16.0. The summed E-state index contributed by atoms with van der Waals surface area (Å²) in [6, 6.07) is 5.94. The molecular formula is C15H20N2O2. The molecule has 4 heteroatoms. The monoisotopic (exact) mass is 260 g/mol. The molecule has 102 valence electrons. The van der Waals surface area contributed by atoms with Crippen LogP contribution in [0.25, 0.3) is 0 Å². The number of aliphatic hydroxyl groups is 1. The second-order valence-electron chi connectivity index (χ2n) is 5.54. The molecule has 1 aliphatic carbocycles. The van der Waals surface area contributed by atoms with Gasteiger partial charge in [0.05, 0.1) is 6.10 Å². The third-order valence-corrected chi connectivity index (χ3v) is 4.06. The first kappa shape index (κ1) is 12.5. The topological polar surface area (TPSA) is 61.4 Å². The number of amides is 1. The molecule has 0 radical (unpaired) electrons. The van der Waals surface area contributed by atoms with E-state index in [0.29, 0.717) is 6.42 Å². The zero-order valence-electron chi connectivity index (χ0n) is 11.0. The summed E-state index contributed by atoms with van der Waals surface area (Å²) < 4.78 is 0. The Kier molecular flexibility index (Phi) is 3.42. The van der Waals surface area contributed by atoms with E-state index < -0.39 is 0 Å². The van der Waals surface area contributed by atoms with Crippen molar-refractivity contribution in [2.24, 2.45) is 0 Å². The molecule has 2 unspecified atom stereocenters. The van der Waals surface area contributed by atoms with Gasteiger partial charge in [0.2, 0.25) is 0 Å². The predicted molar refractivity (Wildman–Crippen MR) is 74.4 cm³/mol. The Hall–Kier alpha value is -1.55. The predicted octanol–water partition coefficient (Wildman–Crippen LogP) is 1.69. The van der Waals surface area contributed by atoms with Crippen LogP contribution in [0, 0.1) is 0 Å². The minimum absolute atomic E-state index is 0.0196. The summed E-state index contributed by atoms with van der Waals surface area (Å²) in [6.07, 6.45) is 4.21. The van der Waals surface area contributed by atoms with Gasteiger partial charge in [-0.2, -0.15) is 0 Å². The SMILES string of the molecule is O=C(NC1CCCC(O)C1)c1ccc2c(c1)CCN2. The van der Waals surface area contributed by atoms with Crippen LogP contribution in [0.15, 0.2) is 18.2 Å². The summed E-state index contributed by atoms with van der Waals surface area (Å²) in [5.74, 6) is -0.0196. The zero-order valence-corrected chi connectivity index (χ0v) is 11.0. The highest BCUT2D eigenvalue weighted by Crippen LogP contribution is 2.23. The third-order valence-electron chi connectivity index (χ3n) is 4.06. The number of hydrogen-bond acceptors (Lipinski definition) is 3. The zero-order chi connectivity index (χ0) is 13.2. The molecule has 0 saturated heterocycles. The van der Waals surface area contributed by atoms with Crippen molar-refractivity contribution in [1.82, 2.24) is 5.32 Å². The molecule has 2 atom stereocenters. The van der Waals surface area contributed by atoms with Crippen molar-refractivity contribution < 1.29 is 9.90 Å². The Morgan fingerprint density at radius 3 is 3.11 bits per heavy atom. The van der Waals surface area contributed by atoms with Gasteiger partial charge < -0.3 is 15.7 Å². The number of carbonyl (C=O) groups excluding carboxylic acids is 1. The minimum atomic E-state index is -0.261. The highest BCUT2D eigenvalue weighted by atomic mass is 16.3. The number of anilines is 1. The molecule has 19 heavy (non-hydrogen) atoms. The molecule has 1 aromatic rings. The van der Waals surface area contributed by atoms with E-state index in [0.717, 1.165) is 43.5 Å². The summed E-state index contributed by atoms with van der Waals surface area (Å²) in [6.45, 7) is 0.954. The van der Waals surface area contributed by atoms with Gasteiger partial charge in [0.1, 0.15) is 0 Å². The number of fused-ring (bicyclic) bond motifs is 1. The van der Waals surface area contributed by atoms with Crippen LogP contribution in [0.2, 0.25) is 0 Å². The van der Waals surface area contributed by atoms with Crippen LogP contribution >= 0.6 is 0 Å². The first-order valence-electron chi connectivity index (χ1n) is 7.08. The fourth-order valence-corrected chi connectivity index (χ4v) is 3.01. The lowest BCUT2D eigenvalue weighted by molar-refractivity contribution is 0.0850. The van der Waals surface area contributed by atoms with Gasteiger partial charge >= 0.3 is 0 Å². The molecule has 3 N–H and O–H groups in total. The number of nitrogens with one attached hydrogen (secondary N) is 2. The van der Waals surface area contributed by atoms with Crippen molar-refractivity contribution in [3.8, 4) is 0 Å². The average Bonchev–Trinajstić information content (AvgIpc) is 2.85. The van der Waals surface area contributed by atoms with E-state index in [2.05, 4.69) is 10.6 Å². The molecule has 1 fully saturated rings. The maximum absolute atomic E-state index is 12.2. The Morgan fingerprint density at radius 1 is 1.37 bits per heavy atom. The molecule has 1 heterocycles. The van der Waals surface area contributed by atoms with Crippen LogP contribution in [0.3, 0.4) is 0 Å². The normalized spacial score (nSPS) is 25.5. The van der Waals surface area contributed by atoms with E-state index in [1.807, 2.05) is 18.2 Å². The molecule has 1 amide bonds. The molecule has 2 aliphatic rings. The van der Waals surface area contributed by atoms with Crippen molar-refractivity contribution in [3.63, 3.8) is 0 Å². The molecule has 1 aromatic carbocycles. The Balaban J connectivity index is 1.67. The lowest BCUT2D eigenvalue weighted by Gasteiger charge is -2.26. The Bertz CT molecular complexity index is 487. The summed E-state index contributed by atoms with van der Waals surface area (Å²) in [7, 11) is 0. The largest absolute Gasteiger partial charge is 0.393 e. The quantitative estimate of drug-likeness (QED) is 0.758. The van der Waals surface area contributed by atoms with Gasteiger partial charge in [0, 0.05) is 23.8 Å². The van der Waals surface area contributed by atoms with Gasteiger partial charge in [-0.25, -0.2) is 0 Å². The van der Waals surface area contributed by atoms with Crippen LogP contribution < -0.4 is 10.6 Å². The fourth-order valence-electron chi connectivity index (χ4n) is 3.01. The van der Waals surface area contributed by atoms with Crippen LogP contribution in [0.4, 0.5) is 5.69 Å². The molecule has 1 saturated carbocycles. The van der Waals surface area contributed by atoms with E-state index in [1.54, 1.807) is 0 Å². The summed E-state index contributed by atoms with van der Waals surface area (Å²) >= 11 is 0. The van der Waals surface area contributed by atoms with E-state index in [4.69, 9.17) is 0 Å². The molecule has 0 bridgehead atoms. The molecular weight excluding hydrogens is 240 g/mol. The number of rotatable bonds is 2. The van der Waals surface area contributed by atoms with Gasteiger partial charge in [-0.1, -0.05) is 0 Å². The highest BCUT2D eigenvalue weighted by Gasteiger charge is 2.22. The van der Waals surface area contributed by atoms with Crippen LogP contribution in [-0.2, 0) is 6.42 Å². The fraction of sp³-hybridized carbons (Fsp3) is 0.533. The molecule has 4 nitrogen and oxygen atoms in total. The van der Waals surface area contributed by atoms with Crippen molar-refractivity contribution in [2.45, 2.75) is 44.2 Å². The minimum Gasteiger partial charge on any atom is -0.393 e. The van der Waals surface area contributed by atoms with Gasteiger partial charge in [0.15, 0.2) is 0 Å². The van der Waals surface area contributed by atoms with E-state index in [1.165, 1.54) is 5.56 Å². The van der Waals surface area contributed by atoms with Gasteiger partial charge in [-0.05, 0) is 55.9 Å². The first-order chi connectivity index (χ1) is 9.22. The molecule has 1 aliphatic heterocycles. The van der Waals surface area contributed by atoms with Crippen LogP contribution in [-0.4, -0.2) is 29.7 Å². The van der Waals surface area contributed by atoms with E-state index in [-0.39, 0.29) is 18.1 Å². The Morgan fingerprint density at radius 2 is 2.26 bits per heavy atom. The van der Waals surface area contributed by atoms with Gasteiger partial charge in [-0.3, -0.25) is 4.79 Å². The van der Waals surface area contributed by atoms with E-state index >= 15 is 0 Å². The first-order valence-corrected chi connectivity index (χ1v) is 7.08. The molecule has 3 rings (SSSR count).